The number of urea groups is 1. The summed E-state index contributed by atoms with van der Waals surface area (Å²) < 4.78 is 3.24. The first-order valence-corrected chi connectivity index (χ1v) is 9.27. The second-order valence-electron chi connectivity index (χ2n) is 5.71. The molecule has 0 heterocycles. The van der Waals surface area contributed by atoms with Crippen molar-refractivity contribution in [2.75, 3.05) is 16.6 Å². The number of amides is 2. The van der Waals surface area contributed by atoms with E-state index < -0.39 is 5.97 Å². The summed E-state index contributed by atoms with van der Waals surface area (Å²) in [4.78, 5) is 23.4. The van der Waals surface area contributed by atoms with Crippen molar-refractivity contribution in [1.82, 2.24) is 5.32 Å². The largest absolute Gasteiger partial charge is 0.481 e. The molecule has 0 aliphatic carbocycles. The van der Waals surface area contributed by atoms with Gasteiger partial charge in [-0.2, -0.15) is 0 Å². The van der Waals surface area contributed by atoms with E-state index in [9.17, 15) is 9.59 Å². The standard InChI is InChI=1S/C19H23N3O3S/c1-2-11-20-19(25)21-15-6-4-8-17(13-15)26-22-16-7-3-5-14(12-16)9-10-18(23)24/h3-8,12-13,22H,2,9-11H2,1H3,(H,23,24)(H2,20,21,25). The maximum atomic E-state index is 11.7. The third-order valence-electron chi connectivity index (χ3n) is 3.47. The van der Waals surface area contributed by atoms with Crippen LogP contribution in [-0.2, 0) is 11.2 Å². The van der Waals surface area contributed by atoms with Crippen LogP contribution in [0.2, 0.25) is 0 Å². The first kappa shape index (κ1) is 19.7. The normalized spacial score (nSPS) is 10.2. The van der Waals surface area contributed by atoms with E-state index in [4.69, 9.17) is 5.11 Å². The number of benzene rings is 2. The van der Waals surface area contributed by atoms with Gasteiger partial charge in [-0.25, -0.2) is 4.79 Å². The van der Waals surface area contributed by atoms with Gasteiger partial charge < -0.3 is 20.5 Å². The minimum atomic E-state index is -0.801. The fourth-order valence-electron chi connectivity index (χ4n) is 2.21. The minimum Gasteiger partial charge on any atom is -0.481 e. The summed E-state index contributed by atoms with van der Waals surface area (Å²) in [6, 6.07) is 15.0. The Morgan fingerprint density at radius 2 is 1.85 bits per heavy atom. The highest BCUT2D eigenvalue weighted by Gasteiger charge is 2.03. The SMILES string of the molecule is CCCNC(=O)Nc1cccc(SNc2cccc(CCC(=O)O)c2)c1. The summed E-state index contributed by atoms with van der Waals surface area (Å²) in [7, 11) is 0. The van der Waals surface area contributed by atoms with E-state index in [1.165, 1.54) is 11.9 Å². The summed E-state index contributed by atoms with van der Waals surface area (Å²) >= 11 is 1.43. The fourth-order valence-corrected chi connectivity index (χ4v) is 2.91. The van der Waals surface area contributed by atoms with Gasteiger partial charge in [-0.05, 0) is 60.7 Å². The highest BCUT2D eigenvalue weighted by molar-refractivity contribution is 8.00. The zero-order valence-electron chi connectivity index (χ0n) is 14.6. The predicted octanol–water partition coefficient (Wildman–Crippen LogP) is 4.35. The topological polar surface area (TPSA) is 90.5 Å². The third-order valence-corrected chi connectivity index (χ3v) is 4.30. The average Bonchev–Trinajstić information content (AvgIpc) is 2.64. The molecule has 0 unspecified atom stereocenters. The Balaban J connectivity index is 1.91. The highest BCUT2D eigenvalue weighted by Crippen LogP contribution is 2.24. The highest BCUT2D eigenvalue weighted by atomic mass is 32.2. The molecule has 2 aromatic carbocycles. The summed E-state index contributed by atoms with van der Waals surface area (Å²) in [6.07, 6.45) is 1.50. The average molecular weight is 373 g/mol. The van der Waals surface area contributed by atoms with Crippen LogP contribution in [0.5, 0.6) is 0 Å². The van der Waals surface area contributed by atoms with Gasteiger partial charge in [-0.1, -0.05) is 25.1 Å². The van der Waals surface area contributed by atoms with Crippen LogP contribution in [0.1, 0.15) is 25.3 Å². The van der Waals surface area contributed by atoms with Crippen LogP contribution >= 0.6 is 11.9 Å². The molecular weight excluding hydrogens is 350 g/mol. The number of hydrogen-bond donors (Lipinski definition) is 4. The first-order valence-electron chi connectivity index (χ1n) is 8.45. The molecular formula is C19H23N3O3S. The summed E-state index contributed by atoms with van der Waals surface area (Å²) in [5, 5.41) is 14.4. The van der Waals surface area contributed by atoms with Crippen LogP contribution in [-0.4, -0.2) is 23.7 Å². The molecule has 2 amide bonds. The van der Waals surface area contributed by atoms with Gasteiger partial charge in [-0.15, -0.1) is 0 Å². The maximum Gasteiger partial charge on any atom is 0.319 e. The Bertz CT molecular complexity index is 752. The number of carbonyl (C=O) groups excluding carboxylic acids is 1. The predicted molar refractivity (Wildman–Crippen MR) is 106 cm³/mol. The van der Waals surface area contributed by atoms with Crippen molar-refractivity contribution < 1.29 is 14.7 Å². The van der Waals surface area contributed by atoms with Crippen molar-refractivity contribution in [1.29, 1.82) is 0 Å². The lowest BCUT2D eigenvalue weighted by atomic mass is 10.1. The van der Waals surface area contributed by atoms with E-state index in [1.54, 1.807) is 0 Å². The number of hydrogen-bond acceptors (Lipinski definition) is 4. The van der Waals surface area contributed by atoms with Crippen LogP contribution in [0.3, 0.4) is 0 Å². The Morgan fingerprint density at radius 3 is 2.62 bits per heavy atom. The molecule has 0 saturated carbocycles. The number of carbonyl (C=O) groups is 2. The van der Waals surface area contributed by atoms with Crippen LogP contribution < -0.4 is 15.4 Å². The molecule has 0 aliphatic heterocycles. The van der Waals surface area contributed by atoms with Gasteiger partial charge in [0.1, 0.15) is 0 Å². The van der Waals surface area contributed by atoms with Crippen LogP contribution in [0.15, 0.2) is 53.4 Å². The van der Waals surface area contributed by atoms with Gasteiger partial charge in [0.15, 0.2) is 0 Å². The first-order chi connectivity index (χ1) is 12.6. The fraction of sp³-hybridized carbons (Fsp3) is 0.263. The third kappa shape index (κ3) is 7.06. The lowest BCUT2D eigenvalue weighted by Gasteiger charge is -2.10. The van der Waals surface area contributed by atoms with Gasteiger partial charge in [0.2, 0.25) is 0 Å². The molecule has 2 rings (SSSR count). The van der Waals surface area contributed by atoms with Crippen molar-refractivity contribution in [3.05, 3.63) is 54.1 Å². The number of rotatable bonds is 9. The summed E-state index contributed by atoms with van der Waals surface area (Å²) in [5.74, 6) is -0.801. The molecule has 0 saturated heterocycles. The second-order valence-corrected chi connectivity index (χ2v) is 6.59. The molecule has 4 N–H and O–H groups in total. The number of carboxylic acid groups (broad SMARTS) is 1. The monoisotopic (exact) mass is 373 g/mol. The van der Waals surface area contributed by atoms with Crippen LogP contribution in [0.4, 0.5) is 16.2 Å². The van der Waals surface area contributed by atoms with Crippen molar-refractivity contribution in [3.63, 3.8) is 0 Å². The molecule has 0 spiro atoms. The van der Waals surface area contributed by atoms with E-state index in [1.807, 2.05) is 55.5 Å². The molecule has 0 radical (unpaired) electrons. The summed E-state index contributed by atoms with van der Waals surface area (Å²) in [5.41, 5.74) is 2.60. The molecule has 0 bridgehead atoms. The Labute approximate surface area is 157 Å². The maximum absolute atomic E-state index is 11.7. The Morgan fingerprint density at radius 1 is 1.08 bits per heavy atom. The van der Waals surface area contributed by atoms with E-state index in [2.05, 4.69) is 15.4 Å². The molecule has 138 valence electrons. The number of carboxylic acids is 1. The molecule has 0 aromatic heterocycles. The molecule has 7 heteroatoms. The molecule has 2 aromatic rings. The lowest BCUT2D eigenvalue weighted by Crippen LogP contribution is -2.29. The van der Waals surface area contributed by atoms with Gasteiger partial charge in [0, 0.05) is 29.2 Å². The van der Waals surface area contributed by atoms with Gasteiger partial charge in [-0.3, -0.25) is 4.79 Å². The number of nitrogens with one attached hydrogen (secondary N) is 3. The van der Waals surface area contributed by atoms with Gasteiger partial charge >= 0.3 is 12.0 Å². The van der Waals surface area contributed by atoms with Crippen molar-refractivity contribution in [2.24, 2.45) is 0 Å². The van der Waals surface area contributed by atoms with Crippen molar-refractivity contribution >= 4 is 35.3 Å². The van der Waals surface area contributed by atoms with E-state index in [-0.39, 0.29) is 12.5 Å². The number of aryl methyl sites for hydroxylation is 1. The molecule has 0 fully saturated rings. The lowest BCUT2D eigenvalue weighted by molar-refractivity contribution is -0.136. The smallest absolute Gasteiger partial charge is 0.319 e. The van der Waals surface area contributed by atoms with E-state index >= 15 is 0 Å². The molecule has 26 heavy (non-hydrogen) atoms. The quantitative estimate of drug-likeness (QED) is 0.491. The number of anilines is 2. The van der Waals surface area contributed by atoms with Gasteiger partial charge in [0.25, 0.3) is 0 Å². The second kappa shape index (κ2) is 10.4. The number of aliphatic carboxylic acids is 1. The van der Waals surface area contributed by atoms with Crippen molar-refractivity contribution in [3.8, 4) is 0 Å². The zero-order chi connectivity index (χ0) is 18.8. The minimum absolute atomic E-state index is 0.115. The van der Waals surface area contributed by atoms with E-state index in [0.717, 1.165) is 28.3 Å². The molecule has 0 atom stereocenters. The van der Waals surface area contributed by atoms with Gasteiger partial charge in [0.05, 0.1) is 0 Å². The zero-order valence-corrected chi connectivity index (χ0v) is 15.4. The van der Waals surface area contributed by atoms with E-state index in [0.29, 0.717) is 13.0 Å². The molecule has 0 aliphatic rings. The Kier molecular flexibility index (Phi) is 7.82. The summed E-state index contributed by atoms with van der Waals surface area (Å²) in [6.45, 7) is 2.64. The Hall–Kier alpha value is -2.67. The van der Waals surface area contributed by atoms with Crippen molar-refractivity contribution in [2.45, 2.75) is 31.1 Å². The van der Waals surface area contributed by atoms with Crippen LogP contribution in [0, 0.1) is 0 Å². The molecule has 6 nitrogen and oxygen atoms in total. The van der Waals surface area contributed by atoms with Crippen LogP contribution in [0.25, 0.3) is 0 Å².